The number of urea groups is 1. The third kappa shape index (κ3) is 4.90. The number of hydrogen-bond donors (Lipinski definition) is 3. The van der Waals surface area contributed by atoms with Gasteiger partial charge in [0.05, 0.1) is 0 Å². The van der Waals surface area contributed by atoms with Crippen LogP contribution in [0.5, 0.6) is 0 Å². The first kappa shape index (κ1) is 15.5. The van der Waals surface area contributed by atoms with Gasteiger partial charge in [-0.3, -0.25) is 0 Å². The zero-order valence-electron chi connectivity index (χ0n) is 10.9. The average Bonchev–Trinajstić information content (AvgIpc) is 2.32. The summed E-state index contributed by atoms with van der Waals surface area (Å²) in [5.74, 6) is -1.02. The van der Waals surface area contributed by atoms with Crippen LogP contribution in [-0.2, 0) is 4.79 Å². The van der Waals surface area contributed by atoms with E-state index >= 15 is 0 Å². The number of carbonyl (C=O) groups is 2. The second-order valence-corrected chi connectivity index (χ2v) is 5.15. The molecule has 1 aromatic rings. The Kier molecular flexibility index (Phi) is 5.82. The molecule has 0 spiro atoms. The molecular weight excluding hydrogens is 312 g/mol. The lowest BCUT2D eigenvalue weighted by Gasteiger charge is -2.15. The number of aryl methyl sites for hydroxylation is 1. The number of halogens is 1. The molecule has 2 amide bonds. The SMILES string of the molecule is CCC[C@H](NC(=O)Nc1ccc(Br)cc1C)C(=O)O. The van der Waals surface area contributed by atoms with E-state index in [4.69, 9.17) is 5.11 Å². The van der Waals surface area contributed by atoms with Crippen LogP contribution in [-0.4, -0.2) is 23.1 Å². The van der Waals surface area contributed by atoms with Crippen LogP contribution >= 0.6 is 15.9 Å². The number of hydrogen-bond acceptors (Lipinski definition) is 2. The van der Waals surface area contributed by atoms with E-state index in [1.54, 1.807) is 6.07 Å². The van der Waals surface area contributed by atoms with E-state index in [1.165, 1.54) is 0 Å². The van der Waals surface area contributed by atoms with Crippen molar-refractivity contribution < 1.29 is 14.7 Å². The molecule has 0 heterocycles. The van der Waals surface area contributed by atoms with Crippen LogP contribution in [0.4, 0.5) is 10.5 Å². The van der Waals surface area contributed by atoms with E-state index in [0.717, 1.165) is 10.0 Å². The Bertz CT molecular complexity index is 477. The summed E-state index contributed by atoms with van der Waals surface area (Å²) in [5.41, 5.74) is 1.55. The Morgan fingerprint density at radius 2 is 2.11 bits per heavy atom. The fourth-order valence-corrected chi connectivity index (χ4v) is 2.11. The highest BCUT2D eigenvalue weighted by Gasteiger charge is 2.18. The van der Waals surface area contributed by atoms with Crippen LogP contribution in [0, 0.1) is 6.92 Å². The fourth-order valence-electron chi connectivity index (χ4n) is 1.63. The molecule has 0 unspecified atom stereocenters. The molecule has 3 N–H and O–H groups in total. The smallest absolute Gasteiger partial charge is 0.326 e. The number of nitrogens with one attached hydrogen (secondary N) is 2. The molecule has 0 aliphatic heterocycles. The molecule has 104 valence electrons. The van der Waals surface area contributed by atoms with Crippen molar-refractivity contribution >= 4 is 33.6 Å². The third-order valence-electron chi connectivity index (χ3n) is 2.62. The maximum absolute atomic E-state index is 11.7. The summed E-state index contributed by atoms with van der Waals surface area (Å²) < 4.78 is 0.922. The predicted octanol–water partition coefficient (Wildman–Crippen LogP) is 3.13. The molecule has 0 radical (unpaired) electrons. The molecule has 5 nitrogen and oxygen atoms in total. The van der Waals surface area contributed by atoms with Crippen LogP contribution in [0.15, 0.2) is 22.7 Å². The average molecular weight is 329 g/mol. The van der Waals surface area contributed by atoms with Crippen LogP contribution in [0.3, 0.4) is 0 Å². The highest BCUT2D eigenvalue weighted by atomic mass is 79.9. The lowest BCUT2D eigenvalue weighted by Crippen LogP contribution is -2.42. The fraction of sp³-hybridized carbons (Fsp3) is 0.385. The number of carbonyl (C=O) groups excluding carboxylic acids is 1. The number of anilines is 1. The Balaban J connectivity index is 2.66. The third-order valence-corrected chi connectivity index (χ3v) is 3.11. The van der Waals surface area contributed by atoms with Crippen LogP contribution < -0.4 is 10.6 Å². The summed E-state index contributed by atoms with van der Waals surface area (Å²) in [4.78, 5) is 22.7. The monoisotopic (exact) mass is 328 g/mol. The molecule has 0 aromatic heterocycles. The van der Waals surface area contributed by atoms with E-state index < -0.39 is 18.0 Å². The van der Waals surface area contributed by atoms with Crippen molar-refractivity contribution in [1.29, 1.82) is 0 Å². The van der Waals surface area contributed by atoms with Gasteiger partial charge in [0.15, 0.2) is 0 Å². The Morgan fingerprint density at radius 1 is 1.42 bits per heavy atom. The topological polar surface area (TPSA) is 78.4 Å². The minimum Gasteiger partial charge on any atom is -0.480 e. The molecule has 0 saturated carbocycles. The van der Waals surface area contributed by atoms with Crippen molar-refractivity contribution in [2.24, 2.45) is 0 Å². The maximum atomic E-state index is 11.7. The van der Waals surface area contributed by atoms with Crippen molar-refractivity contribution in [3.8, 4) is 0 Å². The molecule has 1 atom stereocenters. The second kappa shape index (κ2) is 7.13. The zero-order valence-corrected chi connectivity index (χ0v) is 12.5. The Hall–Kier alpha value is -1.56. The summed E-state index contributed by atoms with van der Waals surface area (Å²) in [7, 11) is 0. The van der Waals surface area contributed by atoms with Crippen molar-refractivity contribution in [2.75, 3.05) is 5.32 Å². The van der Waals surface area contributed by atoms with Gasteiger partial charge in [0.25, 0.3) is 0 Å². The van der Waals surface area contributed by atoms with Gasteiger partial charge in [0, 0.05) is 10.2 Å². The first-order chi connectivity index (χ1) is 8.93. The van der Waals surface area contributed by atoms with Gasteiger partial charge in [0.1, 0.15) is 6.04 Å². The molecule has 19 heavy (non-hydrogen) atoms. The minimum absolute atomic E-state index is 0.405. The number of aliphatic carboxylic acids is 1. The lowest BCUT2D eigenvalue weighted by atomic mass is 10.2. The maximum Gasteiger partial charge on any atom is 0.326 e. The number of amides is 2. The molecule has 0 bridgehead atoms. The minimum atomic E-state index is -1.02. The predicted molar refractivity (Wildman–Crippen MR) is 77.4 cm³/mol. The standard InChI is InChI=1S/C13H17BrN2O3/c1-3-4-11(12(17)18)16-13(19)15-10-6-5-9(14)7-8(10)2/h5-7,11H,3-4H2,1-2H3,(H,17,18)(H2,15,16,19)/t11-/m0/s1. The molecule has 0 fully saturated rings. The van der Waals surface area contributed by atoms with Gasteiger partial charge < -0.3 is 15.7 Å². The molecule has 1 aromatic carbocycles. The van der Waals surface area contributed by atoms with Gasteiger partial charge in [-0.25, -0.2) is 9.59 Å². The van der Waals surface area contributed by atoms with Gasteiger partial charge >= 0.3 is 12.0 Å². The molecule has 0 aliphatic rings. The highest BCUT2D eigenvalue weighted by Crippen LogP contribution is 2.19. The summed E-state index contributed by atoms with van der Waals surface area (Å²) in [6, 6.07) is 4.07. The van der Waals surface area contributed by atoms with Crippen molar-refractivity contribution in [3.05, 3.63) is 28.2 Å². The Morgan fingerprint density at radius 3 is 2.63 bits per heavy atom. The van der Waals surface area contributed by atoms with Crippen molar-refractivity contribution in [2.45, 2.75) is 32.7 Å². The largest absolute Gasteiger partial charge is 0.480 e. The van der Waals surface area contributed by atoms with Gasteiger partial charge in [-0.05, 0) is 37.1 Å². The van der Waals surface area contributed by atoms with Gasteiger partial charge in [-0.2, -0.15) is 0 Å². The van der Waals surface area contributed by atoms with Crippen LogP contribution in [0.2, 0.25) is 0 Å². The first-order valence-electron chi connectivity index (χ1n) is 6.00. The number of benzene rings is 1. The molecule has 0 aliphatic carbocycles. The first-order valence-corrected chi connectivity index (χ1v) is 6.79. The molecular formula is C13H17BrN2O3. The van der Waals surface area contributed by atoms with E-state index in [9.17, 15) is 9.59 Å². The molecule has 1 rings (SSSR count). The summed E-state index contributed by atoms with van der Waals surface area (Å²) >= 11 is 3.34. The number of carboxylic acid groups (broad SMARTS) is 1. The van der Waals surface area contributed by atoms with Crippen LogP contribution in [0.25, 0.3) is 0 Å². The summed E-state index contributed by atoms with van der Waals surface area (Å²) in [6.45, 7) is 3.73. The van der Waals surface area contributed by atoms with E-state index in [-0.39, 0.29) is 0 Å². The summed E-state index contributed by atoms with van der Waals surface area (Å²) in [5, 5.41) is 14.1. The summed E-state index contributed by atoms with van der Waals surface area (Å²) in [6.07, 6.45) is 1.09. The zero-order chi connectivity index (χ0) is 14.4. The molecule has 6 heteroatoms. The van der Waals surface area contributed by atoms with Gasteiger partial charge in [0.2, 0.25) is 0 Å². The number of rotatable bonds is 5. The van der Waals surface area contributed by atoms with E-state index in [0.29, 0.717) is 18.5 Å². The normalized spacial score (nSPS) is 11.7. The second-order valence-electron chi connectivity index (χ2n) is 4.24. The lowest BCUT2D eigenvalue weighted by molar-refractivity contribution is -0.139. The molecule has 0 saturated heterocycles. The Labute approximate surface area is 120 Å². The van der Waals surface area contributed by atoms with E-state index in [1.807, 2.05) is 26.0 Å². The van der Waals surface area contributed by atoms with Crippen molar-refractivity contribution in [1.82, 2.24) is 5.32 Å². The van der Waals surface area contributed by atoms with Crippen molar-refractivity contribution in [3.63, 3.8) is 0 Å². The quantitative estimate of drug-likeness (QED) is 0.776. The van der Waals surface area contributed by atoms with E-state index in [2.05, 4.69) is 26.6 Å². The number of carboxylic acids is 1. The van der Waals surface area contributed by atoms with Gasteiger partial charge in [-0.1, -0.05) is 29.3 Å². The highest BCUT2D eigenvalue weighted by molar-refractivity contribution is 9.10. The van der Waals surface area contributed by atoms with Gasteiger partial charge in [-0.15, -0.1) is 0 Å². The van der Waals surface area contributed by atoms with Crippen LogP contribution in [0.1, 0.15) is 25.3 Å².